The summed E-state index contributed by atoms with van der Waals surface area (Å²) in [5, 5.41) is 0. The fourth-order valence-corrected chi connectivity index (χ4v) is 4.41. The quantitative estimate of drug-likeness (QED) is 0.512. The molecule has 0 aliphatic heterocycles. The minimum absolute atomic E-state index is 0.782. The molecule has 110 valence electrons. The van der Waals surface area contributed by atoms with Gasteiger partial charge in [0.15, 0.2) is 3.92 Å². The number of aromatic nitrogens is 1. The molecule has 0 radical (unpaired) electrons. The number of hydrogen-bond acceptors (Lipinski definition) is 2. The van der Waals surface area contributed by atoms with Crippen LogP contribution in [0.4, 0.5) is 0 Å². The van der Waals surface area contributed by atoms with Crippen molar-refractivity contribution in [2.24, 2.45) is 0 Å². The second-order valence-electron chi connectivity index (χ2n) is 5.76. The highest BCUT2D eigenvalue weighted by atomic mass is 79.9. The molecule has 1 aromatic heterocycles. The first-order valence-corrected chi connectivity index (χ1v) is 9.24. The number of thiazole rings is 1. The van der Waals surface area contributed by atoms with Crippen molar-refractivity contribution in [3.8, 4) is 21.7 Å². The van der Waals surface area contributed by atoms with E-state index < -0.39 is 0 Å². The predicted octanol–water partition coefficient (Wildman–Crippen LogP) is 6.51. The molecule has 3 heteroatoms. The summed E-state index contributed by atoms with van der Waals surface area (Å²) in [5.74, 6) is 0.782. The molecule has 0 unspecified atom stereocenters. The average Bonchev–Trinajstić information content (AvgIpc) is 2.89. The van der Waals surface area contributed by atoms with Crippen molar-refractivity contribution >= 4 is 27.3 Å². The van der Waals surface area contributed by atoms with Gasteiger partial charge in [-0.3, -0.25) is 0 Å². The standard InChI is InChI=1S/C19H16BrNS/c20-19-21-17(18(22-19)16-5-2-1-3-6-16)15-11-9-14(10-12-15)13-7-4-8-13/h1-3,5-6,9-13H,4,7-8H2. The van der Waals surface area contributed by atoms with E-state index in [1.54, 1.807) is 11.3 Å². The Labute approximate surface area is 143 Å². The van der Waals surface area contributed by atoms with Crippen molar-refractivity contribution in [1.82, 2.24) is 4.98 Å². The Morgan fingerprint density at radius 1 is 0.909 bits per heavy atom. The van der Waals surface area contributed by atoms with E-state index in [0.29, 0.717) is 0 Å². The minimum atomic E-state index is 0.782. The highest BCUT2D eigenvalue weighted by Crippen LogP contribution is 2.40. The van der Waals surface area contributed by atoms with E-state index in [1.807, 2.05) is 6.07 Å². The summed E-state index contributed by atoms with van der Waals surface area (Å²) in [4.78, 5) is 5.93. The molecule has 0 spiro atoms. The maximum absolute atomic E-state index is 4.70. The molecule has 1 heterocycles. The third-order valence-corrected chi connectivity index (χ3v) is 5.95. The summed E-state index contributed by atoms with van der Waals surface area (Å²) in [7, 11) is 0. The minimum Gasteiger partial charge on any atom is -0.228 e. The zero-order valence-corrected chi connectivity index (χ0v) is 14.5. The maximum atomic E-state index is 4.70. The van der Waals surface area contributed by atoms with Crippen LogP contribution < -0.4 is 0 Å². The zero-order chi connectivity index (χ0) is 14.9. The van der Waals surface area contributed by atoms with E-state index >= 15 is 0 Å². The van der Waals surface area contributed by atoms with Crippen LogP contribution in [-0.4, -0.2) is 4.98 Å². The van der Waals surface area contributed by atoms with Crippen molar-refractivity contribution < 1.29 is 0 Å². The molecule has 4 rings (SSSR count). The van der Waals surface area contributed by atoms with E-state index in [-0.39, 0.29) is 0 Å². The highest BCUT2D eigenvalue weighted by Gasteiger charge is 2.20. The van der Waals surface area contributed by atoms with Crippen molar-refractivity contribution in [3.05, 3.63) is 64.1 Å². The zero-order valence-electron chi connectivity index (χ0n) is 12.1. The third kappa shape index (κ3) is 2.64. The first kappa shape index (κ1) is 14.2. The Balaban J connectivity index is 1.73. The van der Waals surface area contributed by atoms with Crippen LogP contribution in [0.5, 0.6) is 0 Å². The first-order chi connectivity index (χ1) is 10.8. The summed E-state index contributed by atoms with van der Waals surface area (Å²) in [6.45, 7) is 0. The van der Waals surface area contributed by atoms with Gasteiger partial charge in [0.1, 0.15) is 0 Å². The molecule has 1 aliphatic carbocycles. The fraction of sp³-hybridized carbons (Fsp3) is 0.211. The van der Waals surface area contributed by atoms with Crippen LogP contribution in [0.15, 0.2) is 58.5 Å². The molecule has 1 saturated carbocycles. The largest absolute Gasteiger partial charge is 0.228 e. The van der Waals surface area contributed by atoms with Crippen LogP contribution in [0.1, 0.15) is 30.7 Å². The van der Waals surface area contributed by atoms with Crippen molar-refractivity contribution in [3.63, 3.8) is 0 Å². The second-order valence-corrected chi connectivity index (χ2v) is 8.04. The van der Waals surface area contributed by atoms with Gasteiger partial charge in [0, 0.05) is 5.56 Å². The summed E-state index contributed by atoms with van der Waals surface area (Å²) in [6.07, 6.45) is 4.07. The number of hydrogen-bond donors (Lipinski definition) is 0. The number of benzene rings is 2. The Bertz CT molecular complexity index is 773. The number of rotatable bonds is 3. The molecular formula is C19H16BrNS. The topological polar surface area (TPSA) is 12.9 Å². The van der Waals surface area contributed by atoms with Crippen LogP contribution in [0.2, 0.25) is 0 Å². The van der Waals surface area contributed by atoms with Crippen molar-refractivity contribution in [1.29, 1.82) is 0 Å². The molecule has 0 bridgehead atoms. The monoisotopic (exact) mass is 369 g/mol. The van der Waals surface area contributed by atoms with Crippen LogP contribution in [0, 0.1) is 0 Å². The van der Waals surface area contributed by atoms with Gasteiger partial charge in [0.05, 0.1) is 10.6 Å². The van der Waals surface area contributed by atoms with E-state index in [1.165, 1.54) is 40.8 Å². The van der Waals surface area contributed by atoms with Gasteiger partial charge in [-0.1, -0.05) is 61.0 Å². The van der Waals surface area contributed by atoms with Crippen LogP contribution in [-0.2, 0) is 0 Å². The molecule has 0 N–H and O–H groups in total. The Morgan fingerprint density at radius 2 is 1.64 bits per heavy atom. The molecule has 0 amide bonds. The molecule has 1 fully saturated rings. The van der Waals surface area contributed by atoms with Crippen LogP contribution in [0.25, 0.3) is 21.7 Å². The molecule has 2 aromatic carbocycles. The summed E-state index contributed by atoms with van der Waals surface area (Å²) in [6, 6.07) is 19.5. The predicted molar refractivity (Wildman–Crippen MR) is 97.3 cm³/mol. The molecule has 1 nitrogen and oxygen atoms in total. The summed E-state index contributed by atoms with van der Waals surface area (Å²) >= 11 is 5.24. The van der Waals surface area contributed by atoms with Gasteiger partial charge < -0.3 is 0 Å². The molecule has 1 aliphatic rings. The third-order valence-electron chi connectivity index (χ3n) is 4.40. The molecule has 0 atom stereocenters. The molecule has 22 heavy (non-hydrogen) atoms. The highest BCUT2D eigenvalue weighted by molar-refractivity contribution is 9.11. The number of nitrogens with zero attached hydrogens (tertiary/aromatic N) is 1. The van der Waals surface area contributed by atoms with Gasteiger partial charge in [-0.2, -0.15) is 0 Å². The SMILES string of the molecule is Brc1nc(-c2ccc(C3CCC3)cc2)c(-c2ccccc2)s1. The van der Waals surface area contributed by atoms with E-state index in [0.717, 1.165) is 15.5 Å². The first-order valence-electron chi connectivity index (χ1n) is 7.63. The lowest BCUT2D eigenvalue weighted by molar-refractivity contribution is 0.420. The normalized spacial score (nSPS) is 14.8. The summed E-state index contributed by atoms with van der Waals surface area (Å²) < 4.78 is 0.935. The molecule has 3 aromatic rings. The summed E-state index contributed by atoms with van der Waals surface area (Å²) in [5.41, 5.74) is 4.97. The second kappa shape index (κ2) is 5.98. The lowest BCUT2D eigenvalue weighted by atomic mass is 9.80. The van der Waals surface area contributed by atoms with Gasteiger partial charge >= 0.3 is 0 Å². The molecule has 0 saturated heterocycles. The van der Waals surface area contributed by atoms with Gasteiger partial charge in [-0.25, -0.2) is 4.98 Å². The Morgan fingerprint density at radius 3 is 2.27 bits per heavy atom. The van der Waals surface area contributed by atoms with Crippen LogP contribution >= 0.6 is 27.3 Å². The average molecular weight is 370 g/mol. The lowest BCUT2D eigenvalue weighted by Crippen LogP contribution is -2.08. The van der Waals surface area contributed by atoms with E-state index in [4.69, 9.17) is 4.98 Å². The van der Waals surface area contributed by atoms with E-state index in [2.05, 4.69) is 64.5 Å². The molecular weight excluding hydrogens is 354 g/mol. The fourth-order valence-electron chi connectivity index (χ4n) is 2.93. The lowest BCUT2D eigenvalue weighted by Gasteiger charge is -2.25. The van der Waals surface area contributed by atoms with E-state index in [9.17, 15) is 0 Å². The smallest absolute Gasteiger partial charge is 0.160 e. The van der Waals surface area contributed by atoms with Crippen molar-refractivity contribution in [2.45, 2.75) is 25.2 Å². The van der Waals surface area contributed by atoms with Gasteiger partial charge in [0.2, 0.25) is 0 Å². The van der Waals surface area contributed by atoms with Gasteiger partial charge in [-0.15, -0.1) is 11.3 Å². The van der Waals surface area contributed by atoms with Crippen LogP contribution in [0.3, 0.4) is 0 Å². The van der Waals surface area contributed by atoms with Crippen molar-refractivity contribution in [2.75, 3.05) is 0 Å². The maximum Gasteiger partial charge on any atom is 0.160 e. The number of halogens is 1. The Kier molecular flexibility index (Phi) is 3.85. The van der Waals surface area contributed by atoms with Gasteiger partial charge in [0.25, 0.3) is 0 Å². The van der Waals surface area contributed by atoms with Gasteiger partial charge in [-0.05, 0) is 45.8 Å². The Hall–Kier alpha value is -1.45.